The summed E-state index contributed by atoms with van der Waals surface area (Å²) in [6.45, 7) is 5.86. The third kappa shape index (κ3) is 4.80. The molecule has 5 N–H and O–H groups in total. The van der Waals surface area contributed by atoms with Crippen molar-refractivity contribution in [3.8, 4) is 11.1 Å². The molecule has 0 spiro atoms. The van der Waals surface area contributed by atoms with Gasteiger partial charge in [0, 0.05) is 42.5 Å². The van der Waals surface area contributed by atoms with Crippen LogP contribution in [0.1, 0.15) is 5.69 Å². The van der Waals surface area contributed by atoms with Gasteiger partial charge in [-0.1, -0.05) is 36.9 Å². The van der Waals surface area contributed by atoms with Crippen LogP contribution < -0.4 is 21.7 Å². The SMILES string of the molecule is C=CC(=O)Nc1cccc(-c2cccc3cnc(Nc4ccc([C@@]5(CN)CNCCO5)nc4)nc23)c1. The van der Waals surface area contributed by atoms with Crippen molar-refractivity contribution < 1.29 is 9.53 Å². The van der Waals surface area contributed by atoms with Crippen LogP contribution in [0.15, 0.2) is 79.6 Å². The van der Waals surface area contributed by atoms with Gasteiger partial charge in [-0.2, -0.15) is 0 Å². The van der Waals surface area contributed by atoms with Gasteiger partial charge in [-0.15, -0.1) is 0 Å². The lowest BCUT2D eigenvalue weighted by molar-refractivity contribution is -0.111. The molecule has 9 heteroatoms. The molecule has 1 aliphatic rings. The molecule has 182 valence electrons. The molecule has 0 bridgehead atoms. The Bertz CT molecular complexity index is 1400. The minimum absolute atomic E-state index is 0.262. The Morgan fingerprint density at radius 2 is 2.03 bits per heavy atom. The smallest absolute Gasteiger partial charge is 0.247 e. The number of carbonyl (C=O) groups is 1. The van der Waals surface area contributed by atoms with Crippen molar-refractivity contribution >= 4 is 34.1 Å². The number of rotatable bonds is 7. The highest BCUT2D eigenvalue weighted by molar-refractivity contribution is 6.00. The Kier molecular flexibility index (Phi) is 6.68. The molecular weight excluding hydrogens is 454 g/mol. The molecule has 9 nitrogen and oxygen atoms in total. The first-order chi connectivity index (χ1) is 17.6. The Balaban J connectivity index is 1.42. The van der Waals surface area contributed by atoms with E-state index in [2.05, 4.69) is 32.5 Å². The van der Waals surface area contributed by atoms with E-state index in [-0.39, 0.29) is 5.91 Å². The molecule has 2 aromatic heterocycles. The molecule has 1 aliphatic heterocycles. The minimum atomic E-state index is -0.620. The average molecular weight is 482 g/mol. The molecule has 1 fully saturated rings. The van der Waals surface area contributed by atoms with Gasteiger partial charge in [0.15, 0.2) is 0 Å². The molecule has 1 saturated heterocycles. The summed E-state index contributed by atoms with van der Waals surface area (Å²) in [5.74, 6) is 0.187. The third-order valence-electron chi connectivity index (χ3n) is 6.12. The van der Waals surface area contributed by atoms with Gasteiger partial charge in [0.1, 0.15) is 5.60 Å². The van der Waals surface area contributed by atoms with Gasteiger partial charge in [0.05, 0.1) is 29.7 Å². The summed E-state index contributed by atoms with van der Waals surface area (Å²) in [6.07, 6.45) is 4.76. The minimum Gasteiger partial charge on any atom is -0.365 e. The van der Waals surface area contributed by atoms with Gasteiger partial charge in [-0.25, -0.2) is 9.97 Å². The number of para-hydroxylation sites is 1. The van der Waals surface area contributed by atoms with Crippen molar-refractivity contribution in [3.63, 3.8) is 0 Å². The number of nitrogens with one attached hydrogen (secondary N) is 3. The highest BCUT2D eigenvalue weighted by Crippen LogP contribution is 2.30. The predicted octanol–water partition coefficient (Wildman–Crippen LogP) is 3.33. The van der Waals surface area contributed by atoms with Gasteiger partial charge in [-0.05, 0) is 35.9 Å². The van der Waals surface area contributed by atoms with Crippen LogP contribution in [0.2, 0.25) is 0 Å². The Hall–Kier alpha value is -4.18. The molecule has 4 aromatic rings. The number of nitrogens with two attached hydrogens (primary N) is 1. The molecule has 2 aromatic carbocycles. The number of hydrogen-bond acceptors (Lipinski definition) is 8. The van der Waals surface area contributed by atoms with Crippen molar-refractivity contribution in [2.75, 3.05) is 36.9 Å². The number of ether oxygens (including phenoxy) is 1. The highest BCUT2D eigenvalue weighted by atomic mass is 16.5. The number of fused-ring (bicyclic) bond motifs is 1. The molecule has 0 saturated carbocycles. The molecule has 0 radical (unpaired) electrons. The second kappa shape index (κ2) is 10.2. The number of carbonyl (C=O) groups excluding carboxylic acids is 1. The zero-order chi connectivity index (χ0) is 25.0. The molecule has 1 atom stereocenters. The first-order valence-corrected chi connectivity index (χ1v) is 11.7. The fourth-order valence-corrected chi connectivity index (χ4v) is 4.23. The van der Waals surface area contributed by atoms with E-state index in [4.69, 9.17) is 15.5 Å². The average Bonchev–Trinajstić information content (AvgIpc) is 2.93. The summed E-state index contributed by atoms with van der Waals surface area (Å²) >= 11 is 0. The normalized spacial score (nSPS) is 17.5. The van der Waals surface area contributed by atoms with Crippen LogP contribution in [-0.2, 0) is 15.1 Å². The van der Waals surface area contributed by atoms with E-state index in [9.17, 15) is 4.79 Å². The van der Waals surface area contributed by atoms with Crippen LogP contribution >= 0.6 is 0 Å². The first-order valence-electron chi connectivity index (χ1n) is 11.7. The molecular formula is C27H27N7O2. The molecule has 0 unspecified atom stereocenters. The van der Waals surface area contributed by atoms with E-state index >= 15 is 0 Å². The Labute approximate surface area is 208 Å². The van der Waals surface area contributed by atoms with Crippen molar-refractivity contribution in [2.24, 2.45) is 5.73 Å². The van der Waals surface area contributed by atoms with E-state index in [1.54, 1.807) is 12.4 Å². The number of aromatic nitrogens is 3. The fraction of sp³-hybridized carbons (Fsp3) is 0.185. The van der Waals surface area contributed by atoms with E-state index in [0.717, 1.165) is 40.0 Å². The largest absolute Gasteiger partial charge is 0.365 e. The van der Waals surface area contributed by atoms with E-state index in [1.165, 1.54) is 6.08 Å². The number of pyridine rings is 1. The predicted molar refractivity (Wildman–Crippen MR) is 141 cm³/mol. The van der Waals surface area contributed by atoms with Crippen molar-refractivity contribution in [3.05, 3.63) is 85.3 Å². The van der Waals surface area contributed by atoms with Gasteiger partial charge in [0.25, 0.3) is 0 Å². The van der Waals surface area contributed by atoms with Gasteiger partial charge in [0.2, 0.25) is 11.9 Å². The first kappa shape index (κ1) is 23.6. The standard InChI is InChI=1S/C27H27N7O2/c1-2-24(35)32-20-7-3-5-18(13-20)22-8-4-6-19-14-31-26(34-25(19)22)33-21-9-10-23(30-15-21)27(16-28)17-29-11-12-36-27/h2-10,13-15,29H,1,11-12,16-17,28H2,(H,32,35)(H,31,33,34)/t27-/m1/s1. The maximum absolute atomic E-state index is 11.7. The summed E-state index contributed by atoms with van der Waals surface area (Å²) in [7, 11) is 0. The quantitative estimate of drug-likeness (QED) is 0.296. The van der Waals surface area contributed by atoms with Gasteiger partial charge < -0.3 is 26.4 Å². The number of amides is 1. The zero-order valence-electron chi connectivity index (χ0n) is 19.7. The molecule has 0 aliphatic carbocycles. The number of morpholine rings is 1. The van der Waals surface area contributed by atoms with Crippen molar-refractivity contribution in [1.29, 1.82) is 0 Å². The van der Waals surface area contributed by atoms with Crippen LogP contribution in [0.3, 0.4) is 0 Å². The van der Waals surface area contributed by atoms with Crippen LogP contribution in [0, 0.1) is 0 Å². The second-order valence-electron chi connectivity index (χ2n) is 8.49. The van der Waals surface area contributed by atoms with E-state index < -0.39 is 5.60 Å². The lowest BCUT2D eigenvalue weighted by atomic mass is 9.97. The lowest BCUT2D eigenvalue weighted by Gasteiger charge is -2.36. The topological polar surface area (TPSA) is 127 Å². The molecule has 5 rings (SSSR count). The summed E-state index contributed by atoms with van der Waals surface area (Å²) in [6, 6.07) is 17.4. The summed E-state index contributed by atoms with van der Waals surface area (Å²) in [5, 5.41) is 10.3. The Morgan fingerprint density at radius 3 is 2.78 bits per heavy atom. The highest BCUT2D eigenvalue weighted by Gasteiger charge is 2.35. The summed E-state index contributed by atoms with van der Waals surface area (Å²) in [5.41, 5.74) is 10.3. The number of anilines is 3. The fourth-order valence-electron chi connectivity index (χ4n) is 4.23. The van der Waals surface area contributed by atoms with Crippen LogP contribution in [-0.4, -0.2) is 47.1 Å². The lowest BCUT2D eigenvalue weighted by Crippen LogP contribution is -2.52. The maximum Gasteiger partial charge on any atom is 0.247 e. The van der Waals surface area contributed by atoms with Crippen LogP contribution in [0.4, 0.5) is 17.3 Å². The van der Waals surface area contributed by atoms with Crippen LogP contribution in [0.5, 0.6) is 0 Å². The van der Waals surface area contributed by atoms with Crippen molar-refractivity contribution in [1.82, 2.24) is 20.3 Å². The molecule has 1 amide bonds. The Morgan fingerprint density at radius 1 is 1.14 bits per heavy atom. The van der Waals surface area contributed by atoms with E-state index in [0.29, 0.717) is 31.3 Å². The maximum atomic E-state index is 11.7. The third-order valence-corrected chi connectivity index (χ3v) is 6.12. The summed E-state index contributed by atoms with van der Waals surface area (Å²) in [4.78, 5) is 25.6. The molecule has 3 heterocycles. The second-order valence-corrected chi connectivity index (χ2v) is 8.49. The van der Waals surface area contributed by atoms with Crippen LogP contribution in [0.25, 0.3) is 22.0 Å². The monoisotopic (exact) mass is 481 g/mol. The van der Waals surface area contributed by atoms with Crippen molar-refractivity contribution in [2.45, 2.75) is 5.60 Å². The van der Waals surface area contributed by atoms with Gasteiger partial charge >= 0.3 is 0 Å². The molecule has 36 heavy (non-hydrogen) atoms. The number of nitrogens with zero attached hydrogens (tertiary/aromatic N) is 3. The van der Waals surface area contributed by atoms with E-state index in [1.807, 2.05) is 54.6 Å². The number of hydrogen-bond donors (Lipinski definition) is 4. The summed E-state index contributed by atoms with van der Waals surface area (Å²) < 4.78 is 5.98. The number of benzene rings is 2. The zero-order valence-corrected chi connectivity index (χ0v) is 19.7. The van der Waals surface area contributed by atoms with Gasteiger partial charge in [-0.3, -0.25) is 9.78 Å².